The summed E-state index contributed by atoms with van der Waals surface area (Å²) in [6.07, 6.45) is 2.37. The Hall–Kier alpha value is -1.79. The van der Waals surface area contributed by atoms with E-state index in [-0.39, 0.29) is 30.3 Å². The van der Waals surface area contributed by atoms with Crippen LogP contribution in [0.3, 0.4) is 0 Å². The van der Waals surface area contributed by atoms with Gasteiger partial charge in [-0.2, -0.15) is 0 Å². The van der Waals surface area contributed by atoms with E-state index in [1.54, 1.807) is 0 Å². The summed E-state index contributed by atoms with van der Waals surface area (Å²) in [6, 6.07) is -0.354. The van der Waals surface area contributed by atoms with Crippen molar-refractivity contribution in [2.75, 3.05) is 26.7 Å². The Morgan fingerprint density at radius 3 is 2.55 bits per heavy atom. The van der Waals surface area contributed by atoms with Crippen LogP contribution in [-0.2, 0) is 9.59 Å². The van der Waals surface area contributed by atoms with Crippen LogP contribution in [0, 0.1) is 11.8 Å². The molecule has 0 aromatic carbocycles. The summed E-state index contributed by atoms with van der Waals surface area (Å²) in [5, 5.41) is 14.4. The zero-order valence-electron chi connectivity index (χ0n) is 12.0. The summed E-state index contributed by atoms with van der Waals surface area (Å²) >= 11 is 0. The highest BCUT2D eigenvalue weighted by atomic mass is 16.4. The molecular weight excluding hydrogens is 262 g/mol. The molecular formula is C13H23N3O4. The van der Waals surface area contributed by atoms with Crippen molar-refractivity contribution in [2.45, 2.75) is 26.2 Å². The van der Waals surface area contributed by atoms with Crippen molar-refractivity contribution in [1.29, 1.82) is 0 Å². The second kappa shape index (κ2) is 7.72. The number of likely N-dealkylation sites (N-methyl/N-ethyl adjacent to an activating group) is 2. The van der Waals surface area contributed by atoms with Gasteiger partial charge in [0.15, 0.2) is 0 Å². The quantitative estimate of drug-likeness (QED) is 0.652. The Kier molecular flexibility index (Phi) is 6.27. The summed E-state index contributed by atoms with van der Waals surface area (Å²) in [5.41, 5.74) is 0. The lowest BCUT2D eigenvalue weighted by molar-refractivity contribution is -0.142. The molecule has 0 spiro atoms. The van der Waals surface area contributed by atoms with Crippen molar-refractivity contribution >= 4 is 17.9 Å². The number of hydrogen-bond donors (Lipinski definition) is 3. The Morgan fingerprint density at radius 2 is 1.95 bits per heavy atom. The number of carbonyl (C=O) groups excluding carboxylic acids is 2. The average molecular weight is 285 g/mol. The first kappa shape index (κ1) is 16.3. The van der Waals surface area contributed by atoms with Crippen LogP contribution in [0.1, 0.15) is 26.2 Å². The van der Waals surface area contributed by atoms with Gasteiger partial charge in [0.05, 0.1) is 5.92 Å². The number of hydrogen-bond acceptors (Lipinski definition) is 3. The van der Waals surface area contributed by atoms with Crippen LogP contribution in [0.4, 0.5) is 4.79 Å². The zero-order chi connectivity index (χ0) is 15.1. The summed E-state index contributed by atoms with van der Waals surface area (Å²) in [7, 11) is 1.54. The molecule has 2 atom stereocenters. The minimum Gasteiger partial charge on any atom is -0.481 e. The van der Waals surface area contributed by atoms with E-state index < -0.39 is 5.97 Å². The van der Waals surface area contributed by atoms with E-state index in [9.17, 15) is 14.4 Å². The maximum atomic E-state index is 11.8. The van der Waals surface area contributed by atoms with E-state index in [1.165, 1.54) is 11.9 Å². The molecule has 0 heterocycles. The van der Waals surface area contributed by atoms with Gasteiger partial charge in [0.2, 0.25) is 5.91 Å². The molecule has 0 radical (unpaired) electrons. The molecule has 0 aliphatic heterocycles. The molecule has 3 amide bonds. The van der Waals surface area contributed by atoms with Crippen molar-refractivity contribution in [3.63, 3.8) is 0 Å². The normalized spacial score (nSPS) is 21.3. The Morgan fingerprint density at radius 1 is 1.25 bits per heavy atom. The molecule has 114 valence electrons. The topological polar surface area (TPSA) is 98.7 Å². The van der Waals surface area contributed by atoms with Crippen LogP contribution in [-0.4, -0.2) is 54.6 Å². The molecule has 1 aliphatic carbocycles. The van der Waals surface area contributed by atoms with Gasteiger partial charge in [0.25, 0.3) is 0 Å². The Bertz CT molecular complexity index is 373. The first-order chi connectivity index (χ1) is 9.45. The maximum Gasteiger partial charge on any atom is 0.317 e. The van der Waals surface area contributed by atoms with Gasteiger partial charge in [-0.25, -0.2) is 4.79 Å². The van der Waals surface area contributed by atoms with Gasteiger partial charge < -0.3 is 20.6 Å². The maximum absolute atomic E-state index is 11.8. The number of nitrogens with zero attached hydrogens (tertiary/aromatic N) is 1. The second-order valence-electron chi connectivity index (χ2n) is 5.13. The third kappa shape index (κ3) is 4.71. The lowest BCUT2D eigenvalue weighted by Crippen LogP contribution is -2.45. The van der Waals surface area contributed by atoms with Crippen LogP contribution in [0.2, 0.25) is 0 Å². The molecule has 1 aliphatic rings. The first-order valence-corrected chi connectivity index (χ1v) is 6.94. The largest absolute Gasteiger partial charge is 0.481 e. The summed E-state index contributed by atoms with van der Waals surface area (Å²) in [5.74, 6) is -1.40. The zero-order valence-corrected chi connectivity index (χ0v) is 12.0. The van der Waals surface area contributed by atoms with E-state index in [2.05, 4.69) is 10.6 Å². The highest BCUT2D eigenvalue weighted by Crippen LogP contribution is 2.31. The molecule has 0 aromatic rings. The van der Waals surface area contributed by atoms with E-state index in [0.29, 0.717) is 19.5 Å². The molecule has 0 bridgehead atoms. The Balaban J connectivity index is 2.35. The van der Waals surface area contributed by atoms with E-state index in [4.69, 9.17) is 5.11 Å². The highest BCUT2D eigenvalue weighted by molar-refractivity contribution is 5.83. The van der Waals surface area contributed by atoms with Gasteiger partial charge in [0.1, 0.15) is 6.54 Å². The molecule has 1 rings (SSSR count). The van der Waals surface area contributed by atoms with Crippen LogP contribution >= 0.6 is 0 Å². The fourth-order valence-electron chi connectivity index (χ4n) is 2.50. The SMILES string of the molecule is CCNC(=O)CN(C)C(=O)NCC1CCCC1C(=O)O. The highest BCUT2D eigenvalue weighted by Gasteiger charge is 2.33. The first-order valence-electron chi connectivity index (χ1n) is 6.94. The molecule has 0 aromatic heterocycles. The number of rotatable bonds is 6. The van der Waals surface area contributed by atoms with Gasteiger partial charge in [-0.15, -0.1) is 0 Å². The average Bonchev–Trinajstić information content (AvgIpc) is 2.84. The summed E-state index contributed by atoms with van der Waals surface area (Å²) < 4.78 is 0. The van der Waals surface area contributed by atoms with Gasteiger partial charge in [-0.05, 0) is 25.7 Å². The third-order valence-corrected chi connectivity index (χ3v) is 3.59. The number of aliphatic carboxylic acids is 1. The van der Waals surface area contributed by atoms with E-state index in [1.807, 2.05) is 6.92 Å². The minimum absolute atomic E-state index is 0.00724. The van der Waals surface area contributed by atoms with Gasteiger partial charge in [-0.3, -0.25) is 9.59 Å². The summed E-state index contributed by atoms with van der Waals surface area (Å²) in [6.45, 7) is 2.67. The van der Waals surface area contributed by atoms with Crippen molar-refractivity contribution in [2.24, 2.45) is 11.8 Å². The fourth-order valence-corrected chi connectivity index (χ4v) is 2.50. The number of nitrogens with one attached hydrogen (secondary N) is 2. The second-order valence-corrected chi connectivity index (χ2v) is 5.13. The number of amides is 3. The predicted molar refractivity (Wildman–Crippen MR) is 73.2 cm³/mol. The standard InChI is InChI=1S/C13H23N3O4/c1-3-14-11(17)8-16(2)13(20)15-7-9-5-4-6-10(9)12(18)19/h9-10H,3-8H2,1-2H3,(H,14,17)(H,15,20)(H,18,19). The van der Waals surface area contributed by atoms with Crippen molar-refractivity contribution < 1.29 is 19.5 Å². The monoisotopic (exact) mass is 285 g/mol. The number of carboxylic acids is 1. The lowest BCUT2D eigenvalue weighted by Gasteiger charge is -2.20. The minimum atomic E-state index is -0.794. The van der Waals surface area contributed by atoms with Crippen LogP contribution in [0.5, 0.6) is 0 Å². The van der Waals surface area contributed by atoms with Crippen molar-refractivity contribution in [3.05, 3.63) is 0 Å². The van der Waals surface area contributed by atoms with Crippen molar-refractivity contribution in [3.8, 4) is 0 Å². The molecule has 20 heavy (non-hydrogen) atoms. The molecule has 0 saturated heterocycles. The van der Waals surface area contributed by atoms with Gasteiger partial charge >= 0.3 is 12.0 Å². The van der Waals surface area contributed by atoms with E-state index in [0.717, 1.165) is 12.8 Å². The molecule has 1 fully saturated rings. The van der Waals surface area contributed by atoms with Crippen molar-refractivity contribution in [1.82, 2.24) is 15.5 Å². The molecule has 7 heteroatoms. The van der Waals surface area contributed by atoms with Gasteiger partial charge in [0, 0.05) is 20.1 Å². The van der Waals surface area contributed by atoms with Crippen LogP contribution < -0.4 is 10.6 Å². The number of urea groups is 1. The third-order valence-electron chi connectivity index (χ3n) is 3.59. The van der Waals surface area contributed by atoms with Crippen LogP contribution in [0.15, 0.2) is 0 Å². The smallest absolute Gasteiger partial charge is 0.317 e. The molecule has 7 nitrogen and oxygen atoms in total. The molecule has 3 N–H and O–H groups in total. The molecule has 2 unspecified atom stereocenters. The summed E-state index contributed by atoms with van der Waals surface area (Å²) in [4.78, 5) is 35.5. The van der Waals surface area contributed by atoms with Gasteiger partial charge in [-0.1, -0.05) is 6.42 Å². The number of carboxylic acid groups (broad SMARTS) is 1. The number of carbonyl (C=O) groups is 3. The predicted octanol–water partition coefficient (Wildman–Crippen LogP) is 0.265. The molecule has 1 saturated carbocycles. The fraction of sp³-hybridized carbons (Fsp3) is 0.769. The van der Waals surface area contributed by atoms with E-state index >= 15 is 0 Å². The Labute approximate surface area is 118 Å². The van der Waals surface area contributed by atoms with Crippen LogP contribution in [0.25, 0.3) is 0 Å². The lowest BCUT2D eigenvalue weighted by atomic mass is 9.96.